The highest BCUT2D eigenvalue weighted by Crippen LogP contribution is 2.39. The molecule has 0 aliphatic carbocycles. The molecule has 1 aliphatic rings. The average Bonchev–Trinajstić information content (AvgIpc) is 3.07. The summed E-state index contributed by atoms with van der Waals surface area (Å²) in [6.07, 6.45) is -0.708. The van der Waals surface area contributed by atoms with Crippen LogP contribution in [0.25, 0.3) is 11.5 Å². The van der Waals surface area contributed by atoms with Crippen molar-refractivity contribution in [3.63, 3.8) is 0 Å². The number of β-amino-alcohol motifs (C(OH)–C–C–N with tert-alkyl or cyclic N) is 1. The number of hydrogen-bond acceptors (Lipinski definition) is 7. The first-order valence-corrected chi connectivity index (χ1v) is 9.70. The number of methoxy groups -OCH3 is 2. The van der Waals surface area contributed by atoms with Crippen LogP contribution in [0.2, 0.25) is 0 Å². The van der Waals surface area contributed by atoms with Gasteiger partial charge in [0.15, 0.2) is 0 Å². The van der Waals surface area contributed by atoms with Crippen molar-refractivity contribution >= 4 is 12.2 Å². The SMILES string of the molecule is COc1ccc(OC)c2c1CN(Cn1nc(-c3ccccc3C)oc1=S)CC2O. The van der Waals surface area contributed by atoms with Gasteiger partial charge in [-0.1, -0.05) is 18.2 Å². The summed E-state index contributed by atoms with van der Waals surface area (Å²) in [6, 6.07) is 11.5. The highest BCUT2D eigenvalue weighted by molar-refractivity contribution is 7.71. The number of hydrogen-bond donors (Lipinski definition) is 1. The lowest BCUT2D eigenvalue weighted by Crippen LogP contribution is -2.35. The van der Waals surface area contributed by atoms with Gasteiger partial charge in [-0.25, -0.2) is 4.68 Å². The van der Waals surface area contributed by atoms with Crippen molar-refractivity contribution < 1.29 is 19.0 Å². The number of aromatic nitrogens is 2. The molecular weight excluding hydrogens is 390 g/mol. The second-order valence-corrected chi connectivity index (χ2v) is 7.37. The molecule has 1 unspecified atom stereocenters. The summed E-state index contributed by atoms with van der Waals surface area (Å²) in [5.41, 5.74) is 3.65. The molecule has 0 bridgehead atoms. The van der Waals surface area contributed by atoms with E-state index in [4.69, 9.17) is 26.1 Å². The maximum atomic E-state index is 10.8. The van der Waals surface area contributed by atoms with Crippen LogP contribution in [0, 0.1) is 11.8 Å². The normalized spacial score (nSPS) is 16.5. The molecule has 29 heavy (non-hydrogen) atoms. The summed E-state index contributed by atoms with van der Waals surface area (Å²) in [5.74, 6) is 1.87. The fraction of sp³-hybridized carbons (Fsp3) is 0.333. The highest BCUT2D eigenvalue weighted by atomic mass is 32.1. The van der Waals surface area contributed by atoms with E-state index < -0.39 is 6.10 Å². The van der Waals surface area contributed by atoms with Gasteiger partial charge < -0.3 is 19.0 Å². The number of ether oxygens (including phenoxy) is 2. The number of fused-ring (bicyclic) bond motifs is 1. The van der Waals surface area contributed by atoms with E-state index in [1.54, 1.807) is 18.9 Å². The van der Waals surface area contributed by atoms with Crippen molar-refractivity contribution in [2.24, 2.45) is 0 Å². The summed E-state index contributed by atoms with van der Waals surface area (Å²) in [7, 11) is 3.22. The molecule has 1 atom stereocenters. The van der Waals surface area contributed by atoms with Gasteiger partial charge >= 0.3 is 0 Å². The van der Waals surface area contributed by atoms with Crippen LogP contribution in [0.15, 0.2) is 40.8 Å². The van der Waals surface area contributed by atoms with E-state index in [0.717, 1.165) is 22.3 Å². The molecule has 2 heterocycles. The van der Waals surface area contributed by atoms with Gasteiger partial charge in [0.2, 0.25) is 5.89 Å². The van der Waals surface area contributed by atoms with Crippen LogP contribution in [0.4, 0.5) is 0 Å². The minimum atomic E-state index is -0.708. The molecule has 0 amide bonds. The van der Waals surface area contributed by atoms with Gasteiger partial charge in [0.25, 0.3) is 4.84 Å². The fourth-order valence-electron chi connectivity index (χ4n) is 3.76. The molecule has 8 heteroatoms. The first kappa shape index (κ1) is 19.6. The van der Waals surface area contributed by atoms with E-state index in [9.17, 15) is 5.11 Å². The minimum Gasteiger partial charge on any atom is -0.496 e. The third kappa shape index (κ3) is 3.66. The van der Waals surface area contributed by atoms with Gasteiger partial charge in [-0.3, -0.25) is 4.90 Å². The quantitative estimate of drug-likeness (QED) is 0.639. The smallest absolute Gasteiger partial charge is 0.288 e. The number of benzene rings is 2. The molecule has 2 aromatic carbocycles. The van der Waals surface area contributed by atoms with Crippen molar-refractivity contribution in [3.05, 3.63) is 57.9 Å². The molecular formula is C21H23N3O4S. The second kappa shape index (κ2) is 7.98. The van der Waals surface area contributed by atoms with Crippen LogP contribution in [0.5, 0.6) is 11.5 Å². The molecule has 7 nitrogen and oxygen atoms in total. The monoisotopic (exact) mass is 413 g/mol. The Morgan fingerprint density at radius 2 is 1.90 bits per heavy atom. The van der Waals surface area contributed by atoms with E-state index in [0.29, 0.717) is 42.0 Å². The van der Waals surface area contributed by atoms with Gasteiger partial charge in [-0.05, 0) is 42.9 Å². The zero-order valence-electron chi connectivity index (χ0n) is 16.6. The maximum absolute atomic E-state index is 10.8. The summed E-state index contributed by atoms with van der Waals surface area (Å²) < 4.78 is 18.3. The van der Waals surface area contributed by atoms with Crippen LogP contribution in [0.3, 0.4) is 0 Å². The number of aryl methyl sites for hydroxylation is 1. The topological polar surface area (TPSA) is 72.9 Å². The fourth-order valence-corrected chi connectivity index (χ4v) is 3.94. The van der Waals surface area contributed by atoms with Gasteiger partial charge in [-0.2, -0.15) is 0 Å². The van der Waals surface area contributed by atoms with Crippen LogP contribution in [-0.4, -0.2) is 40.6 Å². The number of rotatable bonds is 5. The predicted octanol–water partition coefficient (Wildman–Crippen LogP) is 3.70. The third-order valence-electron chi connectivity index (χ3n) is 5.18. The van der Waals surface area contributed by atoms with Gasteiger partial charge in [0.05, 0.1) is 27.0 Å². The van der Waals surface area contributed by atoms with Crippen LogP contribution >= 0.6 is 12.2 Å². The molecule has 1 aliphatic heterocycles. The summed E-state index contributed by atoms with van der Waals surface area (Å²) in [4.78, 5) is 2.34. The Balaban J connectivity index is 1.63. The third-order valence-corrected chi connectivity index (χ3v) is 5.47. The van der Waals surface area contributed by atoms with E-state index in [2.05, 4.69) is 10.00 Å². The van der Waals surface area contributed by atoms with Crippen molar-refractivity contribution in [2.75, 3.05) is 20.8 Å². The zero-order chi connectivity index (χ0) is 20.5. The Morgan fingerprint density at radius 1 is 1.17 bits per heavy atom. The van der Waals surface area contributed by atoms with Crippen molar-refractivity contribution in [1.82, 2.24) is 14.7 Å². The number of aliphatic hydroxyl groups excluding tert-OH is 1. The zero-order valence-corrected chi connectivity index (χ0v) is 17.4. The molecule has 1 aromatic heterocycles. The lowest BCUT2D eigenvalue weighted by atomic mass is 9.95. The first-order valence-electron chi connectivity index (χ1n) is 9.30. The molecule has 0 saturated heterocycles. The van der Waals surface area contributed by atoms with Gasteiger partial charge in [0, 0.05) is 29.8 Å². The van der Waals surface area contributed by atoms with Crippen molar-refractivity contribution in [1.29, 1.82) is 0 Å². The lowest BCUT2D eigenvalue weighted by molar-refractivity contribution is 0.0665. The molecule has 3 aromatic rings. The number of nitrogens with zero attached hydrogens (tertiary/aromatic N) is 3. The van der Waals surface area contributed by atoms with E-state index in [1.807, 2.05) is 43.3 Å². The predicted molar refractivity (Wildman–Crippen MR) is 110 cm³/mol. The summed E-state index contributed by atoms with van der Waals surface area (Å²) in [6.45, 7) is 3.39. The minimum absolute atomic E-state index is 0.293. The van der Waals surface area contributed by atoms with Gasteiger partial charge in [-0.15, -0.1) is 5.10 Å². The highest BCUT2D eigenvalue weighted by Gasteiger charge is 2.30. The van der Waals surface area contributed by atoms with Crippen LogP contribution in [-0.2, 0) is 13.2 Å². The van der Waals surface area contributed by atoms with Crippen LogP contribution in [0.1, 0.15) is 22.8 Å². The van der Waals surface area contributed by atoms with Crippen LogP contribution < -0.4 is 9.47 Å². The summed E-state index contributed by atoms with van der Waals surface area (Å²) in [5, 5.41) is 15.3. The van der Waals surface area contributed by atoms with Crippen molar-refractivity contribution in [2.45, 2.75) is 26.2 Å². The average molecular weight is 413 g/mol. The molecule has 1 N–H and O–H groups in total. The summed E-state index contributed by atoms with van der Waals surface area (Å²) >= 11 is 5.38. The van der Waals surface area contributed by atoms with E-state index in [-0.39, 0.29) is 0 Å². The van der Waals surface area contributed by atoms with Crippen molar-refractivity contribution in [3.8, 4) is 23.0 Å². The lowest BCUT2D eigenvalue weighted by Gasteiger charge is -2.33. The first-order chi connectivity index (χ1) is 14.0. The standard InChI is InChI=1S/C21H23N3O4S/c1-13-6-4-5-7-14(13)20-22-24(21(29)28-20)12-23-10-15-17(26-2)8-9-18(27-3)19(15)16(25)11-23/h4-9,16,25H,10-12H2,1-3H3. The van der Waals surface area contributed by atoms with E-state index >= 15 is 0 Å². The Morgan fingerprint density at radius 3 is 2.62 bits per heavy atom. The number of aliphatic hydroxyl groups is 1. The Hall–Kier alpha value is -2.68. The maximum Gasteiger partial charge on any atom is 0.288 e. The Bertz CT molecular complexity index is 1090. The Labute approximate surface area is 174 Å². The van der Waals surface area contributed by atoms with Gasteiger partial charge in [0.1, 0.15) is 11.5 Å². The second-order valence-electron chi connectivity index (χ2n) is 7.02. The molecule has 152 valence electrons. The Kier molecular flexibility index (Phi) is 5.40. The molecule has 0 spiro atoms. The molecule has 0 saturated carbocycles. The largest absolute Gasteiger partial charge is 0.496 e. The van der Waals surface area contributed by atoms with E-state index in [1.165, 1.54) is 0 Å². The molecule has 0 fully saturated rings. The molecule has 4 rings (SSSR count). The molecule has 0 radical (unpaired) electrons.